The van der Waals surface area contributed by atoms with Crippen LogP contribution in [0.25, 0.3) is 0 Å². The predicted octanol–water partition coefficient (Wildman–Crippen LogP) is 6.05. The summed E-state index contributed by atoms with van der Waals surface area (Å²) in [6, 6.07) is -1.24. The first-order valence-electron chi connectivity index (χ1n) is 25.0. The van der Waals surface area contributed by atoms with Crippen LogP contribution in [0.3, 0.4) is 0 Å². The molecule has 4 aliphatic rings. The minimum Gasteiger partial charge on any atom is -0.460 e. The Bertz CT molecular complexity index is 2020. The Morgan fingerprint density at radius 3 is 2.32 bits per heavy atom. The Morgan fingerprint density at radius 2 is 1.64 bits per heavy atom. The van der Waals surface area contributed by atoms with Crippen LogP contribution in [0.5, 0.6) is 0 Å². The van der Waals surface area contributed by atoms with Gasteiger partial charge < -0.3 is 38.8 Å². The number of piperidine rings is 1. The second-order valence-corrected chi connectivity index (χ2v) is 20.3. The number of tetrazole rings is 1. The zero-order valence-electron chi connectivity index (χ0n) is 42.5. The normalized spacial score (nSPS) is 38.8. The second kappa shape index (κ2) is 25.7. The van der Waals surface area contributed by atoms with Gasteiger partial charge >= 0.3 is 5.97 Å². The summed E-state index contributed by atoms with van der Waals surface area (Å²) in [4.78, 5) is 73.9. The number of Topliss-reactive ketones (excluding diaryl/α,β-unsaturated/α-hetero) is 3. The van der Waals surface area contributed by atoms with E-state index in [1.54, 1.807) is 45.9 Å². The molecule has 0 spiro atoms. The molecule has 2 saturated heterocycles. The van der Waals surface area contributed by atoms with Crippen molar-refractivity contribution < 1.29 is 57.9 Å². The predicted molar refractivity (Wildman–Crippen MR) is 256 cm³/mol. The molecule has 1 aromatic rings. The van der Waals surface area contributed by atoms with Crippen molar-refractivity contribution in [2.45, 2.75) is 180 Å². The van der Waals surface area contributed by atoms with Crippen molar-refractivity contribution in [1.82, 2.24) is 25.1 Å². The third-order valence-corrected chi connectivity index (χ3v) is 15.1. The lowest BCUT2D eigenvalue weighted by atomic mass is 9.77. The molecule has 5 rings (SSSR count). The number of rotatable bonds is 7. The molecule has 1 amide bonds. The number of hydrogen-bond acceptors (Lipinski definition) is 15. The number of methoxy groups -OCH3 is 3. The fourth-order valence-corrected chi connectivity index (χ4v) is 10.7. The summed E-state index contributed by atoms with van der Waals surface area (Å²) in [5.41, 5.74) is 1.27. The first-order chi connectivity index (χ1) is 32.8. The van der Waals surface area contributed by atoms with E-state index in [0.717, 1.165) is 18.4 Å². The van der Waals surface area contributed by atoms with Gasteiger partial charge in [0, 0.05) is 58.5 Å². The molecule has 0 aromatic carbocycles. The van der Waals surface area contributed by atoms with Gasteiger partial charge in [-0.05, 0) is 112 Å². The topological polar surface area (TPSA) is 219 Å². The van der Waals surface area contributed by atoms with Gasteiger partial charge in [0.2, 0.25) is 5.79 Å². The number of hydrogen-bond donors (Lipinski definition) is 2. The number of aliphatic hydroxyl groups excluding tert-OH is 1. The van der Waals surface area contributed by atoms with Crippen LogP contribution in [0.2, 0.25) is 0 Å². The maximum Gasteiger partial charge on any atom is 0.329 e. The van der Waals surface area contributed by atoms with Gasteiger partial charge in [-0.2, -0.15) is 4.80 Å². The number of cyclic esters (lactones) is 1. The first kappa shape index (κ1) is 55.7. The van der Waals surface area contributed by atoms with Gasteiger partial charge in [-0.3, -0.25) is 19.2 Å². The van der Waals surface area contributed by atoms with E-state index in [1.165, 1.54) is 18.3 Å². The lowest BCUT2D eigenvalue weighted by Crippen LogP contribution is -2.61. The Hall–Kier alpha value is -4.26. The highest BCUT2D eigenvalue weighted by Crippen LogP contribution is 2.39. The van der Waals surface area contributed by atoms with Crippen molar-refractivity contribution in [2.75, 3.05) is 27.9 Å². The van der Waals surface area contributed by atoms with E-state index < -0.39 is 77.8 Å². The molecule has 1 saturated carbocycles. The number of ketones is 3. The van der Waals surface area contributed by atoms with Crippen molar-refractivity contribution in [1.29, 1.82) is 0 Å². The summed E-state index contributed by atoms with van der Waals surface area (Å²) in [6.07, 6.45) is 13.7. The van der Waals surface area contributed by atoms with Crippen LogP contribution in [0, 0.1) is 35.5 Å². The third kappa shape index (κ3) is 14.2. The van der Waals surface area contributed by atoms with Crippen LogP contribution < -0.4 is 0 Å². The Morgan fingerprint density at radius 1 is 0.884 bits per heavy atom. The monoisotopic (exact) mass is 966 g/mol. The zero-order valence-corrected chi connectivity index (χ0v) is 42.5. The number of nitrogens with zero attached hydrogens (tertiary/aromatic N) is 5. The largest absolute Gasteiger partial charge is 0.460 e. The van der Waals surface area contributed by atoms with Crippen LogP contribution in [-0.2, 0) is 47.7 Å². The minimum absolute atomic E-state index is 0.0168. The smallest absolute Gasteiger partial charge is 0.329 e. The average molecular weight is 966 g/mol. The fourth-order valence-electron chi connectivity index (χ4n) is 10.7. The van der Waals surface area contributed by atoms with Crippen molar-refractivity contribution >= 4 is 29.2 Å². The molecule has 384 valence electrons. The molecular formula is C52H79N5O12. The van der Waals surface area contributed by atoms with Gasteiger partial charge in [-0.1, -0.05) is 71.1 Å². The van der Waals surface area contributed by atoms with Crippen LogP contribution in [0.4, 0.5) is 0 Å². The van der Waals surface area contributed by atoms with E-state index >= 15 is 0 Å². The lowest BCUT2D eigenvalue weighted by molar-refractivity contribution is -0.265. The number of aliphatic hydroxyl groups is 2. The number of amides is 1. The van der Waals surface area contributed by atoms with Crippen LogP contribution >= 0.6 is 0 Å². The maximum atomic E-state index is 14.5. The van der Waals surface area contributed by atoms with Crippen LogP contribution in [-0.4, -0.2) is 141 Å². The quantitative estimate of drug-likeness (QED) is 0.181. The highest BCUT2D eigenvalue weighted by molar-refractivity contribution is 6.39. The van der Waals surface area contributed by atoms with Crippen molar-refractivity contribution in [3.05, 3.63) is 53.9 Å². The Kier molecular flexibility index (Phi) is 20.8. The Balaban J connectivity index is 1.46. The van der Waals surface area contributed by atoms with E-state index in [4.69, 9.17) is 23.7 Å². The van der Waals surface area contributed by atoms with E-state index in [0.29, 0.717) is 56.9 Å². The van der Waals surface area contributed by atoms with Crippen molar-refractivity contribution in [3.63, 3.8) is 0 Å². The van der Waals surface area contributed by atoms with Gasteiger partial charge in [0.15, 0.2) is 12.1 Å². The summed E-state index contributed by atoms with van der Waals surface area (Å²) < 4.78 is 29.9. The summed E-state index contributed by atoms with van der Waals surface area (Å²) in [5, 5.41) is 35.7. The molecule has 3 aliphatic heterocycles. The van der Waals surface area contributed by atoms with Gasteiger partial charge in [-0.25, -0.2) is 4.79 Å². The molecule has 1 aromatic heterocycles. The summed E-state index contributed by atoms with van der Waals surface area (Å²) in [5.74, 6) is -7.94. The molecule has 17 heteroatoms. The summed E-state index contributed by atoms with van der Waals surface area (Å²) in [7, 11) is 4.61. The molecule has 1 aliphatic carbocycles. The van der Waals surface area contributed by atoms with E-state index in [1.807, 2.05) is 58.1 Å². The van der Waals surface area contributed by atoms with E-state index in [9.17, 15) is 34.2 Å². The molecular weight excluding hydrogens is 887 g/mol. The van der Waals surface area contributed by atoms with E-state index in [2.05, 4.69) is 15.4 Å². The number of fused-ring (bicyclic) bond motifs is 3. The fraction of sp³-hybridized carbons (Fsp3) is 0.731. The molecule has 17 nitrogen and oxygen atoms in total. The summed E-state index contributed by atoms with van der Waals surface area (Å²) >= 11 is 0. The second-order valence-electron chi connectivity index (χ2n) is 20.3. The number of carbonyl (C=O) groups excluding carboxylic acids is 5. The molecule has 4 unspecified atom stereocenters. The highest BCUT2D eigenvalue weighted by atomic mass is 16.6. The number of ether oxygens (including phenoxy) is 5. The average Bonchev–Trinajstić information content (AvgIpc) is 3.88. The zero-order chi connectivity index (χ0) is 50.6. The SMILES string of the molecule is COC1C(=O)C(C)C[C@H](C)/C=C/C=C/C=C(\C)[C@@H](OC)C[C@@H]2CC[C@@H](C)[C@@](O)(O2)C(=O)C(=O)N2CCCCC2C(=O)O[C@H]([C@H](C)C[C@@H]2CCC(n3ncnn3)[C@H](OC)C2)CC(=O)[C@H](C)/C=C(\C)[C@H]1O. The molecule has 3 fully saturated rings. The number of carbonyl (C=O) groups is 5. The molecule has 0 radical (unpaired) electrons. The molecule has 69 heavy (non-hydrogen) atoms. The van der Waals surface area contributed by atoms with Crippen LogP contribution in [0.1, 0.15) is 132 Å². The molecule has 2 bridgehead atoms. The van der Waals surface area contributed by atoms with Crippen molar-refractivity contribution in [2.24, 2.45) is 35.5 Å². The van der Waals surface area contributed by atoms with Crippen LogP contribution in [0.15, 0.2) is 53.9 Å². The molecule has 4 heterocycles. The highest BCUT2D eigenvalue weighted by Gasteiger charge is 2.53. The minimum atomic E-state index is -2.43. The maximum absolute atomic E-state index is 14.5. The van der Waals surface area contributed by atoms with Gasteiger partial charge in [0.25, 0.3) is 11.7 Å². The molecule has 15 atom stereocenters. The lowest BCUT2D eigenvalue weighted by Gasteiger charge is -2.42. The van der Waals surface area contributed by atoms with Gasteiger partial charge in [0.1, 0.15) is 30.1 Å². The Labute approximate surface area is 408 Å². The van der Waals surface area contributed by atoms with Gasteiger partial charge in [-0.15, -0.1) is 10.2 Å². The number of aromatic nitrogens is 4. The molecule has 2 N–H and O–H groups in total. The summed E-state index contributed by atoms with van der Waals surface area (Å²) in [6.45, 7) is 12.8. The van der Waals surface area contributed by atoms with Crippen molar-refractivity contribution in [3.8, 4) is 0 Å². The standard InChI is InChI=1S/C52H79N5O12/c1-31-16-12-11-13-17-32(2)43(65-8)28-39-21-19-37(7)52(64,69-39)49(61)50(62)56-23-15-14-18-41(56)51(63)68-44(34(4)26-38-20-22-40(45(27-38)66-9)57-54-30-53-55-57)29-42(58)33(3)25-36(6)47(60)48(67-10)46(59)35(5)24-31/h11-13,16-17,25,30-31,33-35,37-41,43-45,47-48,60,64H,14-15,18-24,26-29H2,1-10H3/b13-11+,16-12+,32-17+,36-25+/t31-,33-,34-,35?,37-,38+,39+,40?,41?,43+,44+,45-,47-,48?,52-/m1/s1. The van der Waals surface area contributed by atoms with E-state index in [-0.39, 0.29) is 60.9 Å². The number of allylic oxidation sites excluding steroid dienone is 6. The third-order valence-electron chi connectivity index (χ3n) is 15.1. The van der Waals surface area contributed by atoms with Gasteiger partial charge in [0.05, 0.1) is 24.4 Å². The number of esters is 1. The first-order valence-corrected chi connectivity index (χ1v) is 25.0.